The van der Waals surface area contributed by atoms with Gasteiger partial charge in [0.05, 0.1) is 16.6 Å². The molecule has 0 spiro atoms. The number of amides is 1. The standard InChI is InChI=1S/C21H22ClN3O2S/c1-4-18(28-17-12-10-15(22)11-13-17)20(26)23-19-14(2)24(3)25(21(19)27)16-8-6-5-7-9-16/h5-13,18H,4H2,1-3H3,(H,23,26)/t18-/m0/s1. The Balaban J connectivity index is 1.85. The summed E-state index contributed by atoms with van der Waals surface area (Å²) in [6.07, 6.45) is 0.637. The third kappa shape index (κ3) is 4.18. The number of thioether (sulfide) groups is 1. The minimum absolute atomic E-state index is 0.187. The predicted molar refractivity (Wildman–Crippen MR) is 116 cm³/mol. The monoisotopic (exact) mass is 415 g/mol. The number of rotatable bonds is 6. The summed E-state index contributed by atoms with van der Waals surface area (Å²) >= 11 is 7.38. The third-order valence-corrected chi connectivity index (χ3v) is 6.19. The van der Waals surface area contributed by atoms with Gasteiger partial charge < -0.3 is 5.32 Å². The number of aromatic nitrogens is 2. The minimum Gasteiger partial charge on any atom is -0.319 e. The number of carbonyl (C=O) groups is 1. The van der Waals surface area contributed by atoms with Crippen LogP contribution in [-0.4, -0.2) is 20.5 Å². The summed E-state index contributed by atoms with van der Waals surface area (Å²) in [6.45, 7) is 3.77. The largest absolute Gasteiger partial charge is 0.319 e. The number of anilines is 1. The first-order valence-corrected chi connectivity index (χ1v) is 10.2. The molecular formula is C21H22ClN3O2S. The molecule has 3 aromatic rings. The highest BCUT2D eigenvalue weighted by atomic mass is 35.5. The molecule has 1 heterocycles. The van der Waals surface area contributed by atoms with E-state index in [-0.39, 0.29) is 16.7 Å². The minimum atomic E-state index is -0.314. The van der Waals surface area contributed by atoms with Gasteiger partial charge >= 0.3 is 0 Å². The fourth-order valence-electron chi connectivity index (χ4n) is 2.92. The molecule has 0 aliphatic heterocycles. The van der Waals surface area contributed by atoms with Gasteiger partial charge in [0, 0.05) is 17.0 Å². The summed E-state index contributed by atoms with van der Waals surface area (Å²) in [5, 5.41) is 3.19. The lowest BCUT2D eigenvalue weighted by molar-refractivity contribution is -0.115. The van der Waals surface area contributed by atoms with Gasteiger partial charge in [-0.05, 0) is 49.7 Å². The second kappa shape index (κ2) is 8.71. The molecule has 28 heavy (non-hydrogen) atoms. The Morgan fingerprint density at radius 3 is 2.39 bits per heavy atom. The second-order valence-electron chi connectivity index (χ2n) is 6.39. The first kappa shape index (κ1) is 20.3. The number of nitrogens with zero attached hydrogens (tertiary/aromatic N) is 2. The SMILES string of the molecule is CC[C@H](Sc1ccc(Cl)cc1)C(=O)Nc1c(C)n(C)n(-c2ccccc2)c1=O. The van der Waals surface area contributed by atoms with Crippen molar-refractivity contribution in [3.63, 3.8) is 0 Å². The average Bonchev–Trinajstić information content (AvgIpc) is 2.91. The van der Waals surface area contributed by atoms with Crippen LogP contribution in [0.25, 0.3) is 5.69 Å². The zero-order valence-corrected chi connectivity index (χ0v) is 17.6. The number of hydrogen-bond acceptors (Lipinski definition) is 3. The molecule has 0 radical (unpaired) electrons. The third-order valence-electron chi connectivity index (χ3n) is 4.56. The van der Waals surface area contributed by atoms with Crippen molar-refractivity contribution < 1.29 is 4.79 Å². The van der Waals surface area contributed by atoms with E-state index in [2.05, 4.69) is 5.32 Å². The molecule has 7 heteroatoms. The van der Waals surface area contributed by atoms with Crippen molar-refractivity contribution in [3.8, 4) is 5.69 Å². The van der Waals surface area contributed by atoms with Crippen molar-refractivity contribution >= 4 is 35.0 Å². The lowest BCUT2D eigenvalue weighted by atomic mass is 10.3. The molecule has 1 amide bonds. The highest BCUT2D eigenvalue weighted by Crippen LogP contribution is 2.27. The Bertz CT molecular complexity index is 1030. The second-order valence-corrected chi connectivity index (χ2v) is 8.11. The van der Waals surface area contributed by atoms with E-state index in [0.717, 1.165) is 10.6 Å². The molecule has 5 nitrogen and oxygen atoms in total. The van der Waals surface area contributed by atoms with Crippen LogP contribution in [0.15, 0.2) is 64.3 Å². The molecule has 1 N–H and O–H groups in total. The van der Waals surface area contributed by atoms with E-state index in [4.69, 9.17) is 11.6 Å². The van der Waals surface area contributed by atoms with Crippen LogP contribution in [0.5, 0.6) is 0 Å². The van der Waals surface area contributed by atoms with Crippen molar-refractivity contribution in [3.05, 3.63) is 75.7 Å². The van der Waals surface area contributed by atoms with Gasteiger partial charge in [-0.1, -0.05) is 36.7 Å². The first-order valence-electron chi connectivity index (χ1n) is 8.99. The van der Waals surface area contributed by atoms with Gasteiger partial charge in [-0.25, -0.2) is 4.68 Å². The normalized spacial score (nSPS) is 12.0. The Labute approximate surface area is 173 Å². The van der Waals surface area contributed by atoms with Gasteiger partial charge in [-0.15, -0.1) is 11.8 Å². The van der Waals surface area contributed by atoms with Crippen LogP contribution in [0, 0.1) is 6.92 Å². The number of carbonyl (C=O) groups excluding carboxylic acids is 1. The fourth-order valence-corrected chi connectivity index (χ4v) is 4.00. The van der Waals surface area contributed by atoms with Crippen LogP contribution in [-0.2, 0) is 11.8 Å². The Hall–Kier alpha value is -2.44. The van der Waals surface area contributed by atoms with Gasteiger partial charge in [0.25, 0.3) is 5.56 Å². The van der Waals surface area contributed by atoms with Crippen LogP contribution >= 0.6 is 23.4 Å². The summed E-state index contributed by atoms with van der Waals surface area (Å²) in [7, 11) is 1.80. The highest BCUT2D eigenvalue weighted by Gasteiger charge is 2.23. The molecule has 1 aromatic heterocycles. The number of nitrogens with one attached hydrogen (secondary N) is 1. The Kier molecular flexibility index (Phi) is 6.31. The van der Waals surface area contributed by atoms with E-state index in [1.165, 1.54) is 11.8 Å². The molecule has 146 valence electrons. The number of halogens is 1. The topological polar surface area (TPSA) is 56.0 Å². The van der Waals surface area contributed by atoms with E-state index in [1.807, 2.05) is 56.3 Å². The Morgan fingerprint density at radius 2 is 1.79 bits per heavy atom. The molecule has 0 aliphatic rings. The van der Waals surface area contributed by atoms with Crippen molar-refractivity contribution in [2.45, 2.75) is 30.4 Å². The van der Waals surface area contributed by atoms with Crippen LogP contribution in [0.2, 0.25) is 5.02 Å². The summed E-state index contributed by atoms with van der Waals surface area (Å²) in [4.78, 5) is 26.8. The lowest BCUT2D eigenvalue weighted by Crippen LogP contribution is -2.28. The van der Waals surface area contributed by atoms with Crippen LogP contribution in [0.1, 0.15) is 19.0 Å². The molecule has 3 rings (SSSR count). The molecule has 0 saturated heterocycles. The Morgan fingerprint density at radius 1 is 1.14 bits per heavy atom. The van der Waals surface area contributed by atoms with E-state index in [9.17, 15) is 9.59 Å². The number of hydrogen-bond donors (Lipinski definition) is 1. The molecule has 0 unspecified atom stereocenters. The first-order chi connectivity index (χ1) is 13.4. The van der Waals surface area contributed by atoms with Crippen molar-refractivity contribution in [2.24, 2.45) is 7.05 Å². The van der Waals surface area contributed by atoms with E-state index >= 15 is 0 Å². The molecule has 2 aromatic carbocycles. The summed E-state index contributed by atoms with van der Waals surface area (Å²) in [6, 6.07) is 16.7. The number of para-hydroxylation sites is 1. The highest BCUT2D eigenvalue weighted by molar-refractivity contribution is 8.00. The summed E-state index contributed by atoms with van der Waals surface area (Å²) < 4.78 is 3.30. The summed E-state index contributed by atoms with van der Waals surface area (Å²) in [5.74, 6) is -0.187. The van der Waals surface area contributed by atoms with Crippen molar-refractivity contribution in [1.29, 1.82) is 0 Å². The molecule has 1 atom stereocenters. The maximum Gasteiger partial charge on any atom is 0.295 e. The quantitative estimate of drug-likeness (QED) is 0.596. The van der Waals surface area contributed by atoms with E-state index in [0.29, 0.717) is 22.8 Å². The van der Waals surface area contributed by atoms with Crippen LogP contribution in [0.3, 0.4) is 0 Å². The fraction of sp³-hybridized carbons (Fsp3) is 0.238. The van der Waals surface area contributed by atoms with Gasteiger partial charge in [-0.3, -0.25) is 14.3 Å². The van der Waals surface area contributed by atoms with Gasteiger partial charge in [-0.2, -0.15) is 0 Å². The van der Waals surface area contributed by atoms with Gasteiger partial charge in [0.15, 0.2) is 0 Å². The molecular weight excluding hydrogens is 394 g/mol. The van der Waals surface area contributed by atoms with E-state index < -0.39 is 0 Å². The van der Waals surface area contributed by atoms with Crippen LogP contribution < -0.4 is 10.9 Å². The number of benzene rings is 2. The maximum atomic E-state index is 13.0. The van der Waals surface area contributed by atoms with Gasteiger partial charge in [0.2, 0.25) is 5.91 Å². The molecule has 0 fully saturated rings. The predicted octanol–water partition coefficient (Wildman–Crippen LogP) is 4.65. The van der Waals surface area contributed by atoms with Crippen molar-refractivity contribution in [2.75, 3.05) is 5.32 Å². The molecule has 0 aliphatic carbocycles. The maximum absolute atomic E-state index is 13.0. The summed E-state index contributed by atoms with van der Waals surface area (Å²) in [5.41, 5.74) is 1.52. The molecule has 0 saturated carbocycles. The van der Waals surface area contributed by atoms with Crippen LogP contribution in [0.4, 0.5) is 5.69 Å². The zero-order valence-electron chi connectivity index (χ0n) is 16.0. The van der Waals surface area contributed by atoms with Gasteiger partial charge in [0.1, 0.15) is 5.69 Å². The lowest BCUT2D eigenvalue weighted by Gasteiger charge is -2.14. The van der Waals surface area contributed by atoms with Crippen molar-refractivity contribution in [1.82, 2.24) is 9.36 Å². The van der Waals surface area contributed by atoms with E-state index in [1.54, 1.807) is 28.5 Å². The zero-order chi connectivity index (χ0) is 20.3. The average molecular weight is 416 g/mol. The molecule has 0 bridgehead atoms. The smallest absolute Gasteiger partial charge is 0.295 e.